The van der Waals surface area contributed by atoms with Crippen LogP contribution in [0.4, 0.5) is 18.0 Å². The van der Waals surface area contributed by atoms with Gasteiger partial charge in [-0.1, -0.05) is 0 Å². The lowest BCUT2D eigenvalue weighted by atomic mass is 10.0. The second-order valence-electron chi connectivity index (χ2n) is 4.42. The van der Waals surface area contributed by atoms with Crippen LogP contribution in [-0.2, 0) is 0 Å². The van der Waals surface area contributed by atoms with Gasteiger partial charge in [-0.05, 0) is 30.5 Å². The Kier molecular flexibility index (Phi) is 3.66. The van der Waals surface area contributed by atoms with Crippen LogP contribution in [-0.4, -0.2) is 33.9 Å². The van der Waals surface area contributed by atoms with Crippen LogP contribution in [0.3, 0.4) is 0 Å². The highest BCUT2D eigenvalue weighted by molar-refractivity contribution is 5.67. The topological polar surface area (TPSA) is 60.8 Å². The van der Waals surface area contributed by atoms with E-state index in [0.29, 0.717) is 12.8 Å². The Bertz CT molecular complexity index is 486. The van der Waals surface area contributed by atoms with E-state index in [1.54, 1.807) is 0 Å². The predicted molar refractivity (Wildman–Crippen MR) is 59.0 cm³/mol. The van der Waals surface area contributed by atoms with Gasteiger partial charge in [0.2, 0.25) is 0 Å². The summed E-state index contributed by atoms with van der Waals surface area (Å²) in [7, 11) is 0. The number of benzene rings is 1. The Labute approximate surface area is 107 Å². The lowest BCUT2D eigenvalue weighted by Gasteiger charge is -2.26. The van der Waals surface area contributed by atoms with Gasteiger partial charge in [0.1, 0.15) is 0 Å². The highest BCUT2D eigenvalue weighted by Crippen LogP contribution is 2.36. The standard InChI is InChI=1S/C12H12F3NO3/c13-8-3-6(4-9(14)11(8)15)10-2-1-7(5-17)16(10)12(18)19/h3-4,7,10,17H,1-2,5H2,(H,18,19)/t7-,10-/m0/s1. The molecule has 0 aromatic heterocycles. The molecule has 1 aliphatic heterocycles. The lowest BCUT2D eigenvalue weighted by Crippen LogP contribution is -2.38. The number of nitrogens with zero attached hydrogens (tertiary/aromatic N) is 1. The van der Waals surface area contributed by atoms with Crippen molar-refractivity contribution in [3.63, 3.8) is 0 Å². The number of rotatable bonds is 2. The Balaban J connectivity index is 2.38. The average molecular weight is 275 g/mol. The SMILES string of the molecule is O=C(O)N1[C@H](CO)CC[C@H]1c1cc(F)c(F)c(F)c1. The van der Waals surface area contributed by atoms with E-state index in [-0.39, 0.29) is 12.2 Å². The van der Waals surface area contributed by atoms with Crippen molar-refractivity contribution in [1.82, 2.24) is 4.90 Å². The molecule has 0 unspecified atom stereocenters. The van der Waals surface area contributed by atoms with Crippen LogP contribution in [0, 0.1) is 17.5 Å². The maximum Gasteiger partial charge on any atom is 0.408 e. The fourth-order valence-electron chi connectivity index (χ4n) is 2.45. The van der Waals surface area contributed by atoms with Crippen molar-refractivity contribution < 1.29 is 28.2 Å². The largest absolute Gasteiger partial charge is 0.465 e. The molecule has 1 aromatic carbocycles. The summed E-state index contributed by atoms with van der Waals surface area (Å²) in [5.74, 6) is -4.29. The molecule has 104 valence electrons. The molecule has 19 heavy (non-hydrogen) atoms. The predicted octanol–water partition coefficient (Wildman–Crippen LogP) is 2.28. The van der Waals surface area contributed by atoms with Crippen molar-refractivity contribution in [1.29, 1.82) is 0 Å². The molecule has 2 N–H and O–H groups in total. The fraction of sp³-hybridized carbons (Fsp3) is 0.417. The van der Waals surface area contributed by atoms with Crippen LogP contribution in [0.2, 0.25) is 0 Å². The smallest absolute Gasteiger partial charge is 0.408 e. The van der Waals surface area contributed by atoms with Gasteiger partial charge >= 0.3 is 6.09 Å². The number of halogens is 3. The Morgan fingerprint density at radius 2 is 1.84 bits per heavy atom. The van der Waals surface area contributed by atoms with Crippen molar-refractivity contribution in [2.75, 3.05) is 6.61 Å². The van der Waals surface area contributed by atoms with E-state index in [4.69, 9.17) is 10.2 Å². The van der Waals surface area contributed by atoms with E-state index in [1.165, 1.54) is 0 Å². The highest BCUT2D eigenvalue weighted by atomic mass is 19.2. The summed E-state index contributed by atoms with van der Waals surface area (Å²) in [6.45, 7) is -0.366. The molecule has 0 radical (unpaired) electrons. The number of hydrogen-bond donors (Lipinski definition) is 2. The molecule has 0 spiro atoms. The zero-order chi connectivity index (χ0) is 14.2. The summed E-state index contributed by atoms with van der Waals surface area (Å²) in [5, 5.41) is 18.2. The van der Waals surface area contributed by atoms with Crippen molar-refractivity contribution in [2.45, 2.75) is 24.9 Å². The third-order valence-electron chi connectivity index (χ3n) is 3.33. The Hall–Kier alpha value is -1.76. The second-order valence-corrected chi connectivity index (χ2v) is 4.42. The highest BCUT2D eigenvalue weighted by Gasteiger charge is 2.38. The van der Waals surface area contributed by atoms with Crippen LogP contribution in [0.25, 0.3) is 0 Å². The van der Waals surface area contributed by atoms with Crippen LogP contribution in [0.15, 0.2) is 12.1 Å². The molecule has 1 aliphatic rings. The summed E-state index contributed by atoms with van der Waals surface area (Å²) in [4.78, 5) is 12.1. The molecule has 1 heterocycles. The molecule has 7 heteroatoms. The molecule has 0 aliphatic carbocycles. The van der Waals surface area contributed by atoms with Crippen LogP contribution >= 0.6 is 0 Å². The number of carboxylic acid groups (broad SMARTS) is 1. The van der Waals surface area contributed by atoms with Gasteiger partial charge in [-0.3, -0.25) is 4.90 Å². The lowest BCUT2D eigenvalue weighted by molar-refractivity contribution is 0.0996. The van der Waals surface area contributed by atoms with Gasteiger partial charge in [0, 0.05) is 0 Å². The number of hydrogen-bond acceptors (Lipinski definition) is 2. The van der Waals surface area contributed by atoms with Crippen LogP contribution < -0.4 is 0 Å². The van der Waals surface area contributed by atoms with E-state index in [2.05, 4.69) is 0 Å². The molecule has 1 saturated heterocycles. The van der Waals surface area contributed by atoms with Gasteiger partial charge in [-0.25, -0.2) is 18.0 Å². The third-order valence-corrected chi connectivity index (χ3v) is 3.33. The molecular formula is C12H12F3NO3. The zero-order valence-electron chi connectivity index (χ0n) is 9.81. The van der Waals surface area contributed by atoms with E-state index in [1.807, 2.05) is 0 Å². The molecule has 1 fully saturated rings. The monoisotopic (exact) mass is 275 g/mol. The summed E-state index contributed by atoms with van der Waals surface area (Å²) < 4.78 is 39.2. The quantitative estimate of drug-likeness (QED) is 0.814. The van der Waals surface area contributed by atoms with Crippen molar-refractivity contribution in [3.8, 4) is 0 Å². The fourth-order valence-corrected chi connectivity index (χ4v) is 2.45. The van der Waals surface area contributed by atoms with Crippen molar-refractivity contribution >= 4 is 6.09 Å². The number of carbonyl (C=O) groups is 1. The second kappa shape index (κ2) is 5.08. The number of aliphatic hydroxyl groups excluding tert-OH is 1. The first-order valence-electron chi connectivity index (χ1n) is 5.72. The van der Waals surface area contributed by atoms with E-state index < -0.39 is 35.6 Å². The average Bonchev–Trinajstić information content (AvgIpc) is 2.79. The maximum absolute atomic E-state index is 13.2. The molecule has 0 saturated carbocycles. The maximum atomic E-state index is 13.2. The Morgan fingerprint density at radius 3 is 2.32 bits per heavy atom. The molecule has 1 aromatic rings. The van der Waals surface area contributed by atoms with E-state index in [9.17, 15) is 18.0 Å². The van der Waals surface area contributed by atoms with Crippen molar-refractivity contribution in [2.24, 2.45) is 0 Å². The molecular weight excluding hydrogens is 263 g/mol. The summed E-state index contributed by atoms with van der Waals surface area (Å²) in [6.07, 6.45) is -0.581. The van der Waals surface area contributed by atoms with Gasteiger partial charge in [-0.2, -0.15) is 0 Å². The van der Waals surface area contributed by atoms with Gasteiger partial charge < -0.3 is 10.2 Å². The first-order chi connectivity index (χ1) is 8.95. The first-order valence-corrected chi connectivity index (χ1v) is 5.72. The molecule has 2 atom stereocenters. The molecule has 4 nitrogen and oxygen atoms in total. The van der Waals surface area contributed by atoms with Gasteiger partial charge in [-0.15, -0.1) is 0 Å². The van der Waals surface area contributed by atoms with Crippen LogP contribution in [0.5, 0.6) is 0 Å². The van der Waals surface area contributed by atoms with Gasteiger partial charge in [0.05, 0.1) is 18.7 Å². The minimum Gasteiger partial charge on any atom is -0.465 e. The first kappa shape index (κ1) is 13.7. The number of likely N-dealkylation sites (tertiary alicyclic amines) is 1. The molecule has 2 rings (SSSR count). The van der Waals surface area contributed by atoms with E-state index >= 15 is 0 Å². The normalized spacial score (nSPS) is 22.8. The van der Waals surface area contributed by atoms with Crippen LogP contribution in [0.1, 0.15) is 24.4 Å². The minimum absolute atomic E-state index is 0.0507. The minimum atomic E-state index is -1.58. The van der Waals surface area contributed by atoms with Crippen molar-refractivity contribution in [3.05, 3.63) is 35.1 Å². The van der Waals surface area contributed by atoms with E-state index in [0.717, 1.165) is 17.0 Å². The molecule has 0 bridgehead atoms. The summed E-state index contributed by atoms with van der Waals surface area (Å²) in [5.41, 5.74) is 0.0507. The number of amides is 1. The Morgan fingerprint density at radius 1 is 1.26 bits per heavy atom. The molecule has 1 amide bonds. The number of aliphatic hydroxyl groups is 1. The zero-order valence-corrected chi connectivity index (χ0v) is 9.81. The summed E-state index contributed by atoms with van der Waals surface area (Å²) >= 11 is 0. The van der Waals surface area contributed by atoms with Gasteiger partial charge in [0.15, 0.2) is 17.5 Å². The van der Waals surface area contributed by atoms with Gasteiger partial charge in [0.25, 0.3) is 0 Å². The third kappa shape index (κ3) is 2.37. The summed E-state index contributed by atoms with van der Waals surface area (Å²) in [6, 6.07) is 0.190.